The number of carbonyl (C=O) groups excluding carboxylic acids is 2. The third kappa shape index (κ3) is 4.92. The maximum atomic E-state index is 13.8. The monoisotopic (exact) mass is 547 g/mol. The van der Waals surface area contributed by atoms with Gasteiger partial charge in [-0.1, -0.05) is 53.0 Å². The van der Waals surface area contributed by atoms with E-state index in [4.69, 9.17) is 40.1 Å². The Morgan fingerprint density at radius 1 is 0.971 bits per heavy atom. The van der Waals surface area contributed by atoms with Crippen LogP contribution in [0.3, 0.4) is 0 Å². The molecule has 1 unspecified atom stereocenters. The molecule has 11 heteroatoms. The Labute approximate surface area is 217 Å². The van der Waals surface area contributed by atoms with Gasteiger partial charge in [-0.05, 0) is 54.1 Å². The second kappa shape index (κ2) is 9.97. The van der Waals surface area contributed by atoms with Gasteiger partial charge in [0.1, 0.15) is 10.9 Å². The van der Waals surface area contributed by atoms with Gasteiger partial charge in [-0.3, -0.25) is 9.59 Å². The highest BCUT2D eigenvalue weighted by molar-refractivity contribution is 7.89. The lowest BCUT2D eigenvalue weighted by molar-refractivity contribution is -0.122. The minimum absolute atomic E-state index is 0.0840. The Morgan fingerprint density at radius 3 is 2.31 bits per heavy atom. The van der Waals surface area contributed by atoms with Gasteiger partial charge in [-0.15, -0.1) is 0 Å². The minimum atomic E-state index is -4.41. The Kier molecular flexibility index (Phi) is 7.17. The van der Waals surface area contributed by atoms with Crippen LogP contribution in [0.1, 0.15) is 17.5 Å². The van der Waals surface area contributed by atoms with Gasteiger partial charge in [0.15, 0.2) is 0 Å². The number of carbonyl (C=O) groups is 2. The van der Waals surface area contributed by atoms with E-state index in [9.17, 15) is 18.0 Å². The van der Waals surface area contributed by atoms with Gasteiger partial charge in [0, 0.05) is 16.6 Å². The molecule has 178 valence electrons. The van der Waals surface area contributed by atoms with Crippen LogP contribution >= 0.6 is 34.8 Å². The summed E-state index contributed by atoms with van der Waals surface area (Å²) in [5, 5.41) is 9.36. The molecule has 3 aromatic rings. The molecule has 1 aliphatic rings. The van der Waals surface area contributed by atoms with Crippen LogP contribution in [0.2, 0.25) is 15.1 Å². The number of anilines is 1. The van der Waals surface area contributed by atoms with Crippen molar-refractivity contribution in [2.75, 3.05) is 4.90 Å². The smallest absolute Gasteiger partial charge is 0.252 e. The third-order valence-corrected chi connectivity index (χ3v) is 8.43. The second-order valence-electron chi connectivity index (χ2n) is 7.66. The molecule has 0 aromatic heterocycles. The van der Waals surface area contributed by atoms with Crippen molar-refractivity contribution in [3.05, 3.63) is 92.9 Å². The van der Waals surface area contributed by atoms with Crippen LogP contribution in [0.4, 0.5) is 5.69 Å². The largest absolute Gasteiger partial charge is 0.274 e. The molecule has 35 heavy (non-hydrogen) atoms. The Morgan fingerprint density at radius 2 is 1.66 bits per heavy atom. The van der Waals surface area contributed by atoms with Gasteiger partial charge in [0.05, 0.1) is 28.8 Å². The molecular weight excluding hydrogens is 533 g/mol. The van der Waals surface area contributed by atoms with Crippen LogP contribution in [-0.2, 0) is 26.2 Å². The molecule has 0 radical (unpaired) electrons. The molecule has 4 rings (SSSR count). The fourth-order valence-electron chi connectivity index (χ4n) is 3.76. The van der Waals surface area contributed by atoms with Crippen molar-refractivity contribution >= 4 is 62.3 Å². The van der Waals surface area contributed by atoms with E-state index in [1.807, 2.05) is 6.07 Å². The quantitative estimate of drug-likeness (QED) is 0.402. The van der Waals surface area contributed by atoms with Crippen LogP contribution in [0, 0.1) is 11.3 Å². The highest BCUT2D eigenvalue weighted by Gasteiger charge is 2.47. The SMILES string of the molecule is N#Cc1ccc(N2C(=O)CC(N(Cc3ccccc3Cl)S(=O)(=O)c3cc(Cl)ccc3Cl)C2=O)cc1. The van der Waals surface area contributed by atoms with Crippen LogP contribution in [-0.4, -0.2) is 30.6 Å². The van der Waals surface area contributed by atoms with Crippen LogP contribution in [0.5, 0.6) is 0 Å². The van der Waals surface area contributed by atoms with E-state index in [0.717, 1.165) is 9.21 Å². The van der Waals surface area contributed by atoms with E-state index in [2.05, 4.69) is 0 Å². The first-order valence-electron chi connectivity index (χ1n) is 10.2. The van der Waals surface area contributed by atoms with Crippen molar-refractivity contribution in [3.8, 4) is 6.07 Å². The molecule has 1 atom stereocenters. The molecule has 0 bridgehead atoms. The standard InChI is InChI=1S/C24H16Cl3N3O4S/c25-17-7-10-20(27)22(11-17)35(33,34)29(14-16-3-1-2-4-19(16)26)21-12-23(31)30(24(21)32)18-8-5-15(13-28)6-9-18/h1-11,21H,12,14H2. The van der Waals surface area contributed by atoms with Gasteiger partial charge in [-0.25, -0.2) is 13.3 Å². The molecule has 0 N–H and O–H groups in total. The normalized spacial score (nSPS) is 16.1. The summed E-state index contributed by atoms with van der Waals surface area (Å²) < 4.78 is 28.5. The first kappa shape index (κ1) is 25.2. The zero-order chi connectivity index (χ0) is 25.3. The van der Waals surface area contributed by atoms with Crippen molar-refractivity contribution in [2.24, 2.45) is 0 Å². The number of rotatable bonds is 6. The average molecular weight is 549 g/mol. The van der Waals surface area contributed by atoms with E-state index < -0.39 is 27.9 Å². The average Bonchev–Trinajstić information content (AvgIpc) is 3.13. The molecule has 3 aromatic carbocycles. The van der Waals surface area contributed by atoms with Crippen molar-refractivity contribution in [1.82, 2.24) is 4.31 Å². The summed E-state index contributed by atoms with van der Waals surface area (Å²) in [6, 6.07) is 17.0. The summed E-state index contributed by atoms with van der Waals surface area (Å²) in [6.07, 6.45) is -0.388. The highest BCUT2D eigenvalue weighted by Crippen LogP contribution is 2.34. The molecule has 1 fully saturated rings. The van der Waals surface area contributed by atoms with Gasteiger partial charge < -0.3 is 0 Å². The predicted molar refractivity (Wildman–Crippen MR) is 133 cm³/mol. The number of nitrogens with zero attached hydrogens (tertiary/aromatic N) is 3. The number of nitriles is 1. The summed E-state index contributed by atoms with van der Waals surface area (Å²) in [6.45, 7) is -0.282. The number of hydrogen-bond donors (Lipinski definition) is 0. The van der Waals surface area contributed by atoms with Gasteiger partial charge in [-0.2, -0.15) is 9.57 Å². The van der Waals surface area contributed by atoms with Crippen LogP contribution < -0.4 is 4.90 Å². The summed E-state index contributed by atoms with van der Waals surface area (Å²) in [5.41, 5.74) is 1.02. The van der Waals surface area contributed by atoms with Crippen molar-refractivity contribution in [3.63, 3.8) is 0 Å². The number of imide groups is 1. The minimum Gasteiger partial charge on any atom is -0.274 e. The predicted octanol–water partition coefficient (Wildman–Crippen LogP) is 5.04. The number of halogens is 3. The third-order valence-electron chi connectivity index (χ3n) is 5.49. The summed E-state index contributed by atoms with van der Waals surface area (Å²) in [7, 11) is -4.41. The number of benzene rings is 3. The Balaban J connectivity index is 1.80. The Hall–Kier alpha value is -2.93. The molecule has 0 aliphatic carbocycles. The van der Waals surface area contributed by atoms with Gasteiger partial charge in [0.25, 0.3) is 5.91 Å². The molecule has 0 saturated carbocycles. The molecule has 1 aliphatic heterocycles. The van der Waals surface area contributed by atoms with Crippen molar-refractivity contribution in [1.29, 1.82) is 5.26 Å². The molecule has 1 heterocycles. The lowest BCUT2D eigenvalue weighted by atomic mass is 10.2. The summed E-state index contributed by atoms with van der Waals surface area (Å²) in [4.78, 5) is 27.0. The van der Waals surface area contributed by atoms with E-state index in [1.54, 1.807) is 24.3 Å². The summed E-state index contributed by atoms with van der Waals surface area (Å²) in [5.74, 6) is -1.31. The van der Waals surface area contributed by atoms with E-state index >= 15 is 0 Å². The lowest BCUT2D eigenvalue weighted by Crippen LogP contribution is -2.45. The van der Waals surface area contributed by atoms with E-state index in [0.29, 0.717) is 16.1 Å². The Bertz CT molecular complexity index is 1470. The number of amides is 2. The van der Waals surface area contributed by atoms with E-state index in [1.165, 1.54) is 42.5 Å². The number of hydrogen-bond acceptors (Lipinski definition) is 5. The maximum absolute atomic E-state index is 13.8. The first-order chi connectivity index (χ1) is 16.6. The molecule has 0 spiro atoms. The number of sulfonamides is 1. The fourth-order valence-corrected chi connectivity index (χ4v) is 6.25. The fraction of sp³-hybridized carbons (Fsp3) is 0.125. The zero-order valence-electron chi connectivity index (χ0n) is 17.9. The maximum Gasteiger partial charge on any atom is 0.252 e. The molecule has 7 nitrogen and oxygen atoms in total. The second-order valence-corrected chi connectivity index (χ2v) is 10.8. The van der Waals surface area contributed by atoms with Crippen molar-refractivity contribution in [2.45, 2.75) is 23.9 Å². The molecular formula is C24H16Cl3N3O4S. The summed E-state index contributed by atoms with van der Waals surface area (Å²) >= 11 is 18.5. The van der Waals surface area contributed by atoms with Crippen LogP contribution in [0.25, 0.3) is 0 Å². The molecule has 1 saturated heterocycles. The van der Waals surface area contributed by atoms with Crippen molar-refractivity contribution < 1.29 is 18.0 Å². The molecule has 2 amide bonds. The van der Waals surface area contributed by atoms with Crippen LogP contribution in [0.15, 0.2) is 71.6 Å². The van der Waals surface area contributed by atoms with Gasteiger partial charge in [0.2, 0.25) is 15.9 Å². The van der Waals surface area contributed by atoms with E-state index in [-0.39, 0.29) is 33.6 Å². The highest BCUT2D eigenvalue weighted by atomic mass is 35.5. The lowest BCUT2D eigenvalue weighted by Gasteiger charge is -2.27. The first-order valence-corrected chi connectivity index (χ1v) is 12.8. The topological polar surface area (TPSA) is 98.5 Å². The van der Waals surface area contributed by atoms with Gasteiger partial charge >= 0.3 is 0 Å². The zero-order valence-corrected chi connectivity index (χ0v) is 20.9.